The molecule has 4 bridgehead atoms. The fraction of sp³-hybridized carbons (Fsp3) is 0.818. The van der Waals surface area contributed by atoms with Crippen LogP contribution in [0.15, 0.2) is 24.3 Å². The van der Waals surface area contributed by atoms with E-state index < -0.39 is 5.79 Å². The van der Waals surface area contributed by atoms with Crippen molar-refractivity contribution in [3.8, 4) is 0 Å². The first-order valence-corrected chi connectivity index (χ1v) is 19.1. The predicted octanol–water partition coefficient (Wildman–Crippen LogP) is 9.17. The smallest absolute Gasteiger partial charge is 0.172 e. The minimum atomic E-state index is -0.434. The Balaban J connectivity index is 1.20. The molecule has 8 atom stereocenters. The fourth-order valence-electron chi connectivity index (χ4n) is 9.79. The molecule has 0 radical (unpaired) electrons. The molecule has 3 aliphatic carbocycles. The molecule has 7 unspecified atom stereocenters. The van der Waals surface area contributed by atoms with E-state index in [1.54, 1.807) is 5.56 Å². The van der Waals surface area contributed by atoms with Gasteiger partial charge in [0, 0.05) is 12.8 Å². The van der Waals surface area contributed by atoms with Crippen LogP contribution in [0, 0.1) is 5.92 Å². The SMILES string of the molecule is C[C@H](C1CCCC1c1ccccc1P(C1CCCCC1)C1CCCCC1)P1C2CC3(C)OC(CC1(C)O3)O2. The lowest BCUT2D eigenvalue weighted by atomic mass is 9.87. The summed E-state index contributed by atoms with van der Waals surface area (Å²) >= 11 is 0. The second-order valence-electron chi connectivity index (χ2n) is 13.9. The van der Waals surface area contributed by atoms with Gasteiger partial charge in [0.05, 0.1) is 11.2 Å². The molecule has 0 aromatic heterocycles. The molecule has 0 amide bonds. The highest BCUT2D eigenvalue weighted by atomic mass is 31.1. The molecular formula is C33H50O3P2. The maximum absolute atomic E-state index is 6.78. The number of hydrogen-bond donors (Lipinski definition) is 0. The van der Waals surface area contributed by atoms with E-state index in [2.05, 4.69) is 45.0 Å². The lowest BCUT2D eigenvalue weighted by molar-refractivity contribution is -0.413. The first-order valence-electron chi connectivity index (χ1n) is 16.1. The quantitative estimate of drug-likeness (QED) is 0.327. The Morgan fingerprint density at radius 3 is 2.18 bits per heavy atom. The molecule has 3 nitrogen and oxygen atoms in total. The van der Waals surface area contributed by atoms with Gasteiger partial charge in [0.15, 0.2) is 12.1 Å². The van der Waals surface area contributed by atoms with Crippen LogP contribution in [0.2, 0.25) is 0 Å². The minimum absolute atomic E-state index is 0.0573. The van der Waals surface area contributed by atoms with Crippen LogP contribution in [0.1, 0.15) is 129 Å². The van der Waals surface area contributed by atoms with E-state index in [1.807, 2.05) is 5.30 Å². The Morgan fingerprint density at radius 1 is 0.842 bits per heavy atom. The van der Waals surface area contributed by atoms with Crippen LogP contribution in [0.3, 0.4) is 0 Å². The third-order valence-electron chi connectivity index (χ3n) is 11.3. The third kappa shape index (κ3) is 4.77. The Bertz CT molecular complexity index is 972. The molecule has 4 saturated heterocycles. The molecule has 4 aliphatic heterocycles. The van der Waals surface area contributed by atoms with Crippen molar-refractivity contribution < 1.29 is 14.2 Å². The highest BCUT2D eigenvalue weighted by Gasteiger charge is 2.64. The van der Waals surface area contributed by atoms with Crippen molar-refractivity contribution in [1.29, 1.82) is 0 Å². The topological polar surface area (TPSA) is 27.7 Å². The number of ether oxygens (including phenoxy) is 3. The molecule has 0 spiro atoms. The summed E-state index contributed by atoms with van der Waals surface area (Å²) in [5.74, 6) is 1.38. The number of hydrogen-bond acceptors (Lipinski definition) is 3. The second kappa shape index (κ2) is 10.7. The van der Waals surface area contributed by atoms with Crippen LogP contribution in [0.4, 0.5) is 0 Å². The number of benzene rings is 1. The molecule has 1 aromatic carbocycles. The number of rotatable bonds is 6. The van der Waals surface area contributed by atoms with Crippen molar-refractivity contribution in [2.75, 3.05) is 0 Å². The van der Waals surface area contributed by atoms with Crippen molar-refractivity contribution in [3.05, 3.63) is 29.8 Å². The molecule has 5 heteroatoms. The predicted molar refractivity (Wildman–Crippen MR) is 160 cm³/mol. The van der Waals surface area contributed by atoms with Crippen LogP contribution < -0.4 is 5.30 Å². The maximum Gasteiger partial charge on any atom is 0.172 e. The van der Waals surface area contributed by atoms with E-state index in [4.69, 9.17) is 14.2 Å². The first-order chi connectivity index (χ1) is 18.4. The normalized spacial score (nSPS) is 42.7. The fourth-order valence-corrected chi connectivity index (χ4v) is 18.0. The highest BCUT2D eigenvalue weighted by molar-refractivity contribution is 7.67. The highest BCUT2D eigenvalue weighted by Crippen LogP contribution is 2.73. The van der Waals surface area contributed by atoms with Crippen LogP contribution >= 0.6 is 15.8 Å². The van der Waals surface area contributed by atoms with Gasteiger partial charge in [0.25, 0.3) is 0 Å². The summed E-state index contributed by atoms with van der Waals surface area (Å²) in [6, 6.07) is 9.95. The van der Waals surface area contributed by atoms with Gasteiger partial charge in [-0.15, -0.1) is 0 Å². The third-order valence-corrected chi connectivity index (χ3v) is 18.4. The Hall–Kier alpha value is -0.0400. The van der Waals surface area contributed by atoms with Gasteiger partial charge in [0.2, 0.25) is 0 Å². The van der Waals surface area contributed by atoms with Gasteiger partial charge >= 0.3 is 0 Å². The van der Waals surface area contributed by atoms with Gasteiger partial charge in [0.1, 0.15) is 0 Å². The summed E-state index contributed by atoms with van der Waals surface area (Å²) in [5, 5.41) is 1.78. The molecule has 0 N–H and O–H groups in total. The Labute approximate surface area is 234 Å². The molecule has 38 heavy (non-hydrogen) atoms. The van der Waals surface area contributed by atoms with Crippen LogP contribution in [0.25, 0.3) is 0 Å². The van der Waals surface area contributed by atoms with Gasteiger partial charge in [-0.25, -0.2) is 0 Å². The van der Waals surface area contributed by atoms with Gasteiger partial charge in [-0.05, 0) is 100.0 Å². The zero-order chi connectivity index (χ0) is 25.9. The van der Waals surface area contributed by atoms with E-state index in [-0.39, 0.29) is 27.5 Å². The summed E-state index contributed by atoms with van der Waals surface area (Å²) in [4.78, 5) is 0. The monoisotopic (exact) mass is 556 g/mol. The molecule has 7 aliphatic rings. The lowest BCUT2D eigenvalue weighted by Crippen LogP contribution is -2.64. The van der Waals surface area contributed by atoms with Crippen molar-refractivity contribution in [1.82, 2.24) is 0 Å². The molecule has 4 heterocycles. The van der Waals surface area contributed by atoms with Gasteiger partial charge in [-0.2, -0.15) is 0 Å². The second-order valence-corrected chi connectivity index (χ2v) is 19.8. The summed E-state index contributed by atoms with van der Waals surface area (Å²) in [6.45, 7) is 7.14. The van der Waals surface area contributed by atoms with Crippen LogP contribution in [-0.2, 0) is 14.2 Å². The molecule has 7 fully saturated rings. The van der Waals surface area contributed by atoms with Crippen LogP contribution in [-0.4, -0.2) is 40.2 Å². The van der Waals surface area contributed by atoms with Crippen molar-refractivity contribution in [2.45, 2.75) is 163 Å². The largest absolute Gasteiger partial charge is 0.344 e. The zero-order valence-electron chi connectivity index (χ0n) is 24.1. The van der Waals surface area contributed by atoms with E-state index in [1.165, 1.54) is 83.5 Å². The zero-order valence-corrected chi connectivity index (χ0v) is 25.9. The lowest BCUT2D eigenvalue weighted by Gasteiger charge is -2.64. The molecular weight excluding hydrogens is 506 g/mol. The van der Waals surface area contributed by atoms with E-state index in [0.717, 1.165) is 30.1 Å². The van der Waals surface area contributed by atoms with Gasteiger partial charge in [-0.1, -0.05) is 84.1 Å². The molecule has 1 aromatic rings. The van der Waals surface area contributed by atoms with Gasteiger partial charge < -0.3 is 14.2 Å². The van der Waals surface area contributed by atoms with E-state index in [9.17, 15) is 0 Å². The van der Waals surface area contributed by atoms with Crippen molar-refractivity contribution in [3.63, 3.8) is 0 Å². The summed E-state index contributed by atoms with van der Waals surface area (Å²) in [6.07, 6.45) is 20.7. The molecule has 210 valence electrons. The van der Waals surface area contributed by atoms with Crippen molar-refractivity contribution in [2.24, 2.45) is 5.92 Å². The van der Waals surface area contributed by atoms with Gasteiger partial charge in [-0.3, -0.25) is 0 Å². The first kappa shape index (κ1) is 26.8. The maximum atomic E-state index is 6.78. The average Bonchev–Trinajstić information content (AvgIpc) is 3.39. The molecule has 3 saturated carbocycles. The molecule has 8 rings (SSSR count). The summed E-state index contributed by atoms with van der Waals surface area (Å²) < 4.78 is 19.5. The van der Waals surface area contributed by atoms with E-state index >= 15 is 0 Å². The Kier molecular flexibility index (Phi) is 7.53. The van der Waals surface area contributed by atoms with Crippen LogP contribution in [0.5, 0.6) is 0 Å². The average molecular weight is 557 g/mol. The standard InChI is InChI=1S/C33H50O3P2/c1-23(38-31-22-32(2)35-30(34-31)21-33(38,3)36-32)26-18-12-19-27(26)28-17-10-11-20-29(28)37(24-13-6-4-7-14-24)25-15-8-5-9-16-25/h10-11,17,20,23-27,30-31H,4-9,12-16,18-19,21-22H2,1-3H3/t23-,26?,27?,30?,31?,32?,33?,38?/m1/s1. The van der Waals surface area contributed by atoms with E-state index in [0.29, 0.717) is 17.4 Å². The Morgan fingerprint density at radius 2 is 1.53 bits per heavy atom. The van der Waals surface area contributed by atoms with Crippen molar-refractivity contribution >= 4 is 21.1 Å². The summed E-state index contributed by atoms with van der Waals surface area (Å²) in [7, 11) is -0.447. The minimum Gasteiger partial charge on any atom is -0.344 e. The summed E-state index contributed by atoms with van der Waals surface area (Å²) in [5.41, 5.74) is 4.37.